The highest BCUT2D eigenvalue weighted by Gasteiger charge is 2.16. The molecular formula is C22H28N4O5. The third-order valence-corrected chi connectivity index (χ3v) is 5.38. The summed E-state index contributed by atoms with van der Waals surface area (Å²) >= 11 is 0. The normalized spacial score (nSPS) is 14.2. The van der Waals surface area contributed by atoms with Crippen molar-refractivity contribution in [1.29, 1.82) is 0 Å². The van der Waals surface area contributed by atoms with E-state index in [-0.39, 0.29) is 31.0 Å². The first kappa shape index (κ1) is 22.5. The van der Waals surface area contributed by atoms with Gasteiger partial charge in [0.15, 0.2) is 0 Å². The molecule has 3 rings (SSSR count). The molecule has 2 amide bonds. The van der Waals surface area contributed by atoms with Crippen LogP contribution < -0.4 is 16.2 Å². The Morgan fingerprint density at radius 1 is 1.16 bits per heavy atom. The molecule has 0 bridgehead atoms. The topological polar surface area (TPSA) is 119 Å². The Morgan fingerprint density at radius 2 is 1.94 bits per heavy atom. The number of rotatable bonds is 8. The molecule has 1 aliphatic rings. The fraction of sp³-hybridized carbons (Fsp3) is 0.500. The molecule has 2 aromatic rings. The monoisotopic (exact) mass is 428 g/mol. The van der Waals surface area contributed by atoms with E-state index in [1.54, 1.807) is 19.1 Å². The molecule has 0 aliphatic heterocycles. The molecular weight excluding hydrogens is 400 g/mol. The predicted octanol–water partition coefficient (Wildman–Crippen LogP) is 2.29. The van der Waals surface area contributed by atoms with Gasteiger partial charge < -0.3 is 15.4 Å². The Hall–Kier alpha value is -3.23. The largest absolute Gasteiger partial charge is 0.466 e. The van der Waals surface area contributed by atoms with E-state index in [0.717, 1.165) is 12.8 Å². The lowest BCUT2D eigenvalue weighted by Crippen LogP contribution is -2.31. The van der Waals surface area contributed by atoms with Crippen LogP contribution in [0.2, 0.25) is 0 Å². The van der Waals surface area contributed by atoms with E-state index in [2.05, 4.69) is 15.6 Å². The highest BCUT2D eigenvalue weighted by molar-refractivity contribution is 5.94. The summed E-state index contributed by atoms with van der Waals surface area (Å²) in [5.41, 5.74) is 0.180. The van der Waals surface area contributed by atoms with Gasteiger partial charge >= 0.3 is 5.97 Å². The number of carbonyl (C=O) groups is 3. The number of hydrogen-bond donors (Lipinski definition) is 2. The molecule has 0 saturated heterocycles. The molecule has 9 nitrogen and oxygen atoms in total. The number of nitrogens with one attached hydrogen (secondary N) is 2. The number of esters is 1. The second-order valence-electron chi connectivity index (χ2n) is 7.69. The summed E-state index contributed by atoms with van der Waals surface area (Å²) < 4.78 is 6.02. The first-order valence-corrected chi connectivity index (χ1v) is 10.7. The van der Waals surface area contributed by atoms with Crippen LogP contribution in [-0.4, -0.2) is 40.3 Å². The number of anilines is 1. The smallest absolute Gasteiger partial charge is 0.306 e. The fourth-order valence-electron chi connectivity index (χ4n) is 3.69. The van der Waals surface area contributed by atoms with Crippen LogP contribution in [0.15, 0.2) is 29.3 Å². The van der Waals surface area contributed by atoms with Crippen molar-refractivity contribution in [2.24, 2.45) is 5.92 Å². The SMILES string of the molecule is CCOC(=O)CCC(=O)Nc1cnc2ccc(C(=O)NCC3CCCCC3)cn2c1=O. The first-order valence-electron chi connectivity index (χ1n) is 10.7. The van der Waals surface area contributed by atoms with Crippen LogP contribution in [0, 0.1) is 5.92 Å². The number of ether oxygens (including phenoxy) is 1. The van der Waals surface area contributed by atoms with Gasteiger partial charge in [0.05, 0.1) is 24.8 Å². The summed E-state index contributed by atoms with van der Waals surface area (Å²) in [4.78, 5) is 52.9. The lowest BCUT2D eigenvalue weighted by Gasteiger charge is -2.21. The lowest BCUT2D eigenvalue weighted by molar-refractivity contribution is -0.144. The maximum absolute atomic E-state index is 12.8. The van der Waals surface area contributed by atoms with Gasteiger partial charge in [0.25, 0.3) is 11.5 Å². The van der Waals surface area contributed by atoms with Gasteiger partial charge in [-0.15, -0.1) is 0 Å². The van der Waals surface area contributed by atoms with Crippen LogP contribution in [-0.2, 0) is 14.3 Å². The summed E-state index contributed by atoms with van der Waals surface area (Å²) in [7, 11) is 0. The molecule has 0 aromatic carbocycles. The molecule has 2 N–H and O–H groups in total. The zero-order chi connectivity index (χ0) is 22.2. The van der Waals surface area contributed by atoms with E-state index in [4.69, 9.17) is 4.74 Å². The number of carbonyl (C=O) groups excluding carboxylic acids is 3. The number of hydrogen-bond acceptors (Lipinski definition) is 6. The van der Waals surface area contributed by atoms with Crippen molar-refractivity contribution >= 4 is 29.1 Å². The van der Waals surface area contributed by atoms with Crippen molar-refractivity contribution in [3.63, 3.8) is 0 Å². The first-order chi connectivity index (χ1) is 15.0. The second-order valence-corrected chi connectivity index (χ2v) is 7.69. The summed E-state index contributed by atoms with van der Waals surface area (Å²) in [6.07, 6.45) is 8.42. The van der Waals surface area contributed by atoms with Crippen molar-refractivity contribution < 1.29 is 19.1 Å². The summed E-state index contributed by atoms with van der Waals surface area (Å²) in [6, 6.07) is 3.21. The zero-order valence-electron chi connectivity index (χ0n) is 17.7. The zero-order valence-corrected chi connectivity index (χ0v) is 17.7. The lowest BCUT2D eigenvalue weighted by atomic mass is 9.89. The average molecular weight is 428 g/mol. The van der Waals surface area contributed by atoms with Gasteiger partial charge in [0, 0.05) is 19.2 Å². The third-order valence-electron chi connectivity index (χ3n) is 5.38. The number of amides is 2. The molecule has 0 atom stereocenters. The van der Waals surface area contributed by atoms with E-state index in [0.29, 0.717) is 23.7 Å². The van der Waals surface area contributed by atoms with Gasteiger partial charge in [-0.3, -0.25) is 23.6 Å². The Bertz CT molecular complexity index is 1010. The summed E-state index contributed by atoms with van der Waals surface area (Å²) in [5, 5.41) is 5.42. The van der Waals surface area contributed by atoms with E-state index < -0.39 is 17.4 Å². The number of pyridine rings is 1. The minimum absolute atomic E-state index is 0.0221. The fourth-order valence-corrected chi connectivity index (χ4v) is 3.69. The Morgan fingerprint density at radius 3 is 2.68 bits per heavy atom. The standard InChI is InChI=1S/C22H28N4O5/c1-2-31-20(28)11-10-19(27)25-17-13-23-18-9-8-16(14-26(18)22(17)30)21(29)24-12-15-6-4-3-5-7-15/h8-9,13-15H,2-7,10-12H2,1H3,(H,24,29)(H,25,27). The molecule has 1 saturated carbocycles. The minimum atomic E-state index is -0.503. The quantitative estimate of drug-likeness (QED) is 0.623. The number of nitrogens with zero attached hydrogens (tertiary/aromatic N) is 2. The number of aromatic nitrogens is 2. The highest BCUT2D eigenvalue weighted by Crippen LogP contribution is 2.22. The van der Waals surface area contributed by atoms with E-state index in [1.165, 1.54) is 36.1 Å². The van der Waals surface area contributed by atoms with Crippen molar-refractivity contribution in [1.82, 2.24) is 14.7 Å². The van der Waals surface area contributed by atoms with Gasteiger partial charge in [0.2, 0.25) is 5.91 Å². The van der Waals surface area contributed by atoms with Crippen LogP contribution in [0.5, 0.6) is 0 Å². The maximum atomic E-state index is 12.8. The summed E-state index contributed by atoms with van der Waals surface area (Å²) in [5.74, 6) is -0.717. The van der Waals surface area contributed by atoms with Crippen LogP contribution in [0.1, 0.15) is 62.2 Å². The molecule has 2 aromatic heterocycles. The predicted molar refractivity (Wildman–Crippen MR) is 115 cm³/mol. The average Bonchev–Trinajstić information content (AvgIpc) is 2.79. The number of fused-ring (bicyclic) bond motifs is 1. The van der Waals surface area contributed by atoms with Crippen molar-refractivity contribution in [2.75, 3.05) is 18.5 Å². The van der Waals surface area contributed by atoms with Gasteiger partial charge in [-0.25, -0.2) is 4.98 Å². The van der Waals surface area contributed by atoms with Crippen molar-refractivity contribution in [3.05, 3.63) is 40.4 Å². The molecule has 0 unspecified atom stereocenters. The van der Waals surface area contributed by atoms with Crippen LogP contribution in [0.4, 0.5) is 5.69 Å². The molecule has 9 heteroatoms. The van der Waals surface area contributed by atoms with Gasteiger partial charge in [-0.2, -0.15) is 0 Å². The Labute approximate surface area is 180 Å². The molecule has 2 heterocycles. The molecule has 166 valence electrons. The minimum Gasteiger partial charge on any atom is -0.466 e. The van der Waals surface area contributed by atoms with E-state index >= 15 is 0 Å². The summed E-state index contributed by atoms with van der Waals surface area (Å²) in [6.45, 7) is 2.55. The highest BCUT2D eigenvalue weighted by atomic mass is 16.5. The van der Waals surface area contributed by atoms with Crippen LogP contribution in [0.3, 0.4) is 0 Å². The van der Waals surface area contributed by atoms with Gasteiger partial charge in [-0.05, 0) is 37.8 Å². The van der Waals surface area contributed by atoms with Crippen LogP contribution in [0.25, 0.3) is 5.65 Å². The third kappa shape index (κ3) is 6.13. The van der Waals surface area contributed by atoms with Crippen molar-refractivity contribution in [3.8, 4) is 0 Å². The Kier molecular flexibility index (Phi) is 7.75. The van der Waals surface area contributed by atoms with E-state index in [9.17, 15) is 19.2 Å². The molecule has 0 radical (unpaired) electrons. The van der Waals surface area contributed by atoms with Crippen molar-refractivity contribution in [2.45, 2.75) is 51.9 Å². The van der Waals surface area contributed by atoms with Gasteiger partial charge in [-0.1, -0.05) is 19.3 Å². The maximum Gasteiger partial charge on any atom is 0.306 e. The van der Waals surface area contributed by atoms with E-state index in [1.807, 2.05) is 0 Å². The Balaban J connectivity index is 1.67. The molecule has 1 fully saturated rings. The van der Waals surface area contributed by atoms with Crippen LogP contribution >= 0.6 is 0 Å². The molecule has 1 aliphatic carbocycles. The molecule has 0 spiro atoms. The van der Waals surface area contributed by atoms with Gasteiger partial charge in [0.1, 0.15) is 11.3 Å². The second kappa shape index (κ2) is 10.7. The molecule has 31 heavy (non-hydrogen) atoms.